The van der Waals surface area contributed by atoms with E-state index in [4.69, 9.17) is 11.6 Å². The number of benzene rings is 1. The Kier molecular flexibility index (Phi) is 4.06. The van der Waals surface area contributed by atoms with E-state index in [9.17, 15) is 4.79 Å². The zero-order chi connectivity index (χ0) is 16.6. The summed E-state index contributed by atoms with van der Waals surface area (Å²) in [5.41, 5.74) is 3.94. The molecule has 3 N–H and O–H groups in total. The van der Waals surface area contributed by atoms with Gasteiger partial charge in [-0.1, -0.05) is 32.4 Å². The predicted molar refractivity (Wildman–Crippen MR) is 91.7 cm³/mol. The van der Waals surface area contributed by atoms with Gasteiger partial charge in [-0.25, -0.2) is 0 Å². The molecule has 0 radical (unpaired) electrons. The van der Waals surface area contributed by atoms with Crippen LogP contribution in [0.3, 0.4) is 0 Å². The van der Waals surface area contributed by atoms with E-state index in [1.54, 1.807) is 0 Å². The molecule has 0 saturated heterocycles. The molecule has 23 heavy (non-hydrogen) atoms. The predicted octanol–water partition coefficient (Wildman–Crippen LogP) is 3.01. The number of H-pyrrole nitrogens is 1. The van der Waals surface area contributed by atoms with E-state index in [0.717, 1.165) is 22.6 Å². The molecule has 0 bridgehead atoms. The van der Waals surface area contributed by atoms with Crippen molar-refractivity contribution in [2.24, 2.45) is 0 Å². The number of amides is 1. The highest BCUT2D eigenvalue weighted by molar-refractivity contribution is 6.30. The number of carbonyl (C=O) groups excluding carboxylic acids is 1. The summed E-state index contributed by atoms with van der Waals surface area (Å²) in [7, 11) is 0. The molecule has 122 valence electrons. The third-order valence-electron chi connectivity index (χ3n) is 3.99. The lowest BCUT2D eigenvalue weighted by Gasteiger charge is -2.13. The van der Waals surface area contributed by atoms with Crippen molar-refractivity contribution in [3.05, 3.63) is 46.2 Å². The first kappa shape index (κ1) is 15.9. The lowest BCUT2D eigenvalue weighted by atomic mass is 9.92. The molecule has 1 aromatic heterocycles. The van der Waals surface area contributed by atoms with Crippen LogP contribution >= 0.6 is 11.6 Å². The molecule has 1 aliphatic heterocycles. The highest BCUT2D eigenvalue weighted by atomic mass is 35.5. The highest BCUT2D eigenvalue weighted by Crippen LogP contribution is 2.28. The minimum Gasteiger partial charge on any atom is -0.373 e. The topological polar surface area (TPSA) is 69.8 Å². The van der Waals surface area contributed by atoms with Gasteiger partial charge in [-0.3, -0.25) is 9.89 Å². The Morgan fingerprint density at radius 3 is 2.87 bits per heavy atom. The van der Waals surface area contributed by atoms with Crippen LogP contribution in [-0.2, 0) is 23.2 Å². The number of nitrogens with one attached hydrogen (secondary N) is 3. The van der Waals surface area contributed by atoms with Gasteiger partial charge in [0.15, 0.2) is 0 Å². The molecule has 0 spiro atoms. The Morgan fingerprint density at radius 1 is 1.39 bits per heavy atom. The van der Waals surface area contributed by atoms with Gasteiger partial charge >= 0.3 is 0 Å². The van der Waals surface area contributed by atoms with Crippen LogP contribution < -0.4 is 10.6 Å². The average Bonchev–Trinajstić information content (AvgIpc) is 3.10. The Balaban J connectivity index is 1.58. The standard InChI is InChI=1S/C17H21ClN4O/c1-17(2,3)15-8-12(21-22-15)9-19-16(23)14-7-10-6-11(18)4-5-13(10)20-14/h4-6,8,14,20H,7,9H2,1-3H3,(H,19,23)(H,21,22). The van der Waals surface area contributed by atoms with Gasteiger partial charge in [0.05, 0.1) is 17.9 Å². The fourth-order valence-corrected chi connectivity index (χ4v) is 2.83. The van der Waals surface area contributed by atoms with Crippen molar-refractivity contribution < 1.29 is 4.79 Å². The number of halogens is 1. The van der Waals surface area contributed by atoms with Crippen molar-refractivity contribution in [3.63, 3.8) is 0 Å². The minimum atomic E-state index is -0.256. The second-order valence-electron chi connectivity index (χ2n) is 6.95. The third-order valence-corrected chi connectivity index (χ3v) is 4.23. The van der Waals surface area contributed by atoms with Gasteiger partial charge in [0.2, 0.25) is 5.91 Å². The van der Waals surface area contributed by atoms with Crippen LogP contribution in [0.2, 0.25) is 5.02 Å². The lowest BCUT2D eigenvalue weighted by molar-refractivity contribution is -0.121. The first-order chi connectivity index (χ1) is 10.8. The molecular weight excluding hydrogens is 312 g/mol. The second kappa shape index (κ2) is 5.89. The molecule has 0 fully saturated rings. The van der Waals surface area contributed by atoms with Crippen LogP contribution in [0, 0.1) is 0 Å². The van der Waals surface area contributed by atoms with E-state index >= 15 is 0 Å². The maximum atomic E-state index is 12.3. The summed E-state index contributed by atoms with van der Waals surface area (Å²) >= 11 is 5.99. The van der Waals surface area contributed by atoms with Crippen molar-refractivity contribution in [3.8, 4) is 0 Å². The molecule has 1 aromatic carbocycles. The maximum absolute atomic E-state index is 12.3. The van der Waals surface area contributed by atoms with Gasteiger partial charge in [0.25, 0.3) is 0 Å². The first-order valence-corrected chi connectivity index (χ1v) is 8.08. The Bertz CT molecular complexity index is 732. The Labute approximate surface area is 140 Å². The summed E-state index contributed by atoms with van der Waals surface area (Å²) in [6.45, 7) is 6.76. The SMILES string of the molecule is CC(C)(C)c1cc(CNC(=O)C2Cc3cc(Cl)ccc3N2)[nH]n1. The normalized spacial score (nSPS) is 16.8. The molecule has 1 unspecified atom stereocenters. The number of hydrogen-bond acceptors (Lipinski definition) is 3. The van der Waals surface area contributed by atoms with Gasteiger partial charge in [-0.2, -0.15) is 5.10 Å². The minimum absolute atomic E-state index is 0.00726. The number of hydrogen-bond donors (Lipinski definition) is 3. The summed E-state index contributed by atoms with van der Waals surface area (Å²) < 4.78 is 0. The van der Waals surface area contributed by atoms with E-state index in [0.29, 0.717) is 18.0 Å². The van der Waals surface area contributed by atoms with Gasteiger partial charge in [0, 0.05) is 22.5 Å². The molecule has 3 rings (SSSR count). The Hall–Kier alpha value is -2.01. The summed E-state index contributed by atoms with van der Waals surface area (Å²) in [6, 6.07) is 7.38. The lowest BCUT2D eigenvalue weighted by Crippen LogP contribution is -2.38. The van der Waals surface area contributed by atoms with Gasteiger partial charge < -0.3 is 10.6 Å². The highest BCUT2D eigenvalue weighted by Gasteiger charge is 2.26. The van der Waals surface area contributed by atoms with Crippen LogP contribution in [-0.4, -0.2) is 22.1 Å². The smallest absolute Gasteiger partial charge is 0.243 e. The quantitative estimate of drug-likeness (QED) is 0.809. The zero-order valence-corrected chi connectivity index (χ0v) is 14.3. The summed E-state index contributed by atoms with van der Waals surface area (Å²) in [6.07, 6.45) is 0.651. The van der Waals surface area contributed by atoms with E-state index in [1.807, 2.05) is 24.3 Å². The van der Waals surface area contributed by atoms with Crippen LogP contribution in [0.15, 0.2) is 24.3 Å². The van der Waals surface area contributed by atoms with Crippen LogP contribution in [0.1, 0.15) is 37.7 Å². The van der Waals surface area contributed by atoms with Crippen LogP contribution in [0.4, 0.5) is 5.69 Å². The third kappa shape index (κ3) is 3.50. The molecule has 1 aliphatic rings. The van der Waals surface area contributed by atoms with E-state index in [2.05, 4.69) is 41.6 Å². The van der Waals surface area contributed by atoms with Crippen LogP contribution in [0.5, 0.6) is 0 Å². The number of fused-ring (bicyclic) bond motifs is 1. The molecule has 0 aliphatic carbocycles. The molecular formula is C17H21ClN4O. The number of rotatable bonds is 3. The molecule has 1 atom stereocenters. The monoisotopic (exact) mass is 332 g/mol. The zero-order valence-electron chi connectivity index (χ0n) is 13.5. The molecule has 2 aromatic rings. The molecule has 2 heterocycles. The number of nitrogens with zero attached hydrogens (tertiary/aromatic N) is 1. The van der Waals surface area contributed by atoms with Gasteiger partial charge in [0.1, 0.15) is 6.04 Å². The van der Waals surface area contributed by atoms with Crippen molar-refractivity contribution >= 4 is 23.2 Å². The number of carbonyl (C=O) groups is 1. The number of aromatic nitrogens is 2. The van der Waals surface area contributed by atoms with E-state index < -0.39 is 0 Å². The Morgan fingerprint density at radius 2 is 2.17 bits per heavy atom. The van der Waals surface area contributed by atoms with Crippen LogP contribution in [0.25, 0.3) is 0 Å². The first-order valence-electron chi connectivity index (χ1n) is 7.70. The van der Waals surface area contributed by atoms with Crippen molar-refractivity contribution in [1.29, 1.82) is 0 Å². The summed E-state index contributed by atoms with van der Waals surface area (Å²) in [4.78, 5) is 12.3. The summed E-state index contributed by atoms with van der Waals surface area (Å²) in [5.74, 6) is -0.0239. The fraction of sp³-hybridized carbons (Fsp3) is 0.412. The molecule has 6 heteroatoms. The van der Waals surface area contributed by atoms with Gasteiger partial charge in [-0.15, -0.1) is 0 Å². The van der Waals surface area contributed by atoms with Crippen molar-refractivity contribution in [2.75, 3.05) is 5.32 Å². The number of anilines is 1. The average molecular weight is 333 g/mol. The second-order valence-corrected chi connectivity index (χ2v) is 7.39. The molecule has 5 nitrogen and oxygen atoms in total. The summed E-state index contributed by atoms with van der Waals surface area (Å²) in [5, 5.41) is 14.2. The van der Waals surface area contributed by atoms with Gasteiger partial charge in [-0.05, 0) is 29.8 Å². The fourth-order valence-electron chi connectivity index (χ4n) is 2.63. The maximum Gasteiger partial charge on any atom is 0.243 e. The largest absolute Gasteiger partial charge is 0.373 e. The number of aromatic amines is 1. The molecule has 1 amide bonds. The van der Waals surface area contributed by atoms with Crippen molar-refractivity contribution in [2.45, 2.75) is 45.2 Å². The van der Waals surface area contributed by atoms with Crippen molar-refractivity contribution in [1.82, 2.24) is 15.5 Å². The molecule has 0 saturated carbocycles. The van der Waals surface area contributed by atoms with E-state index in [1.165, 1.54) is 0 Å². The van der Waals surface area contributed by atoms with E-state index in [-0.39, 0.29) is 17.4 Å².